The molecule has 5 nitrogen and oxygen atoms in total. The van der Waals surface area contributed by atoms with Crippen LogP contribution in [0.3, 0.4) is 0 Å². The lowest BCUT2D eigenvalue weighted by Gasteiger charge is -2.07. The van der Waals surface area contributed by atoms with Gasteiger partial charge in [0.25, 0.3) is 0 Å². The van der Waals surface area contributed by atoms with Crippen LogP contribution in [0.1, 0.15) is 31.2 Å². The number of benzene rings is 1. The molecule has 1 aromatic rings. The Morgan fingerprint density at radius 3 is 2.62 bits per heavy atom. The molecule has 2 atom stereocenters. The van der Waals surface area contributed by atoms with E-state index in [1.807, 2.05) is 0 Å². The van der Waals surface area contributed by atoms with Crippen LogP contribution in [0.25, 0.3) is 0 Å². The van der Waals surface area contributed by atoms with Crippen LogP contribution in [0.5, 0.6) is 0 Å². The number of nitrogens with zero attached hydrogens (tertiary/aromatic N) is 1. The Hall–Kier alpha value is -2.11. The van der Waals surface area contributed by atoms with Gasteiger partial charge in [0.1, 0.15) is 5.82 Å². The van der Waals surface area contributed by atoms with Crippen LogP contribution in [0.15, 0.2) is 23.4 Å². The van der Waals surface area contributed by atoms with Crippen molar-refractivity contribution in [2.75, 3.05) is 5.32 Å². The molecule has 0 radical (unpaired) electrons. The van der Waals surface area contributed by atoms with E-state index in [1.165, 1.54) is 31.0 Å². The number of hydrogen-bond donors (Lipinski definition) is 3. The minimum absolute atomic E-state index is 0.0102. The smallest absolute Gasteiger partial charge is 0.228 e. The van der Waals surface area contributed by atoms with Gasteiger partial charge in [-0.25, -0.2) is 4.39 Å². The molecule has 1 aromatic carbocycles. The number of halogens is 1. The predicted molar refractivity (Wildman–Crippen MR) is 76.5 cm³/mol. The molecule has 3 rings (SSSR count). The monoisotopic (exact) mass is 291 g/mol. The second kappa shape index (κ2) is 5.35. The van der Waals surface area contributed by atoms with Gasteiger partial charge in [0.15, 0.2) is 5.84 Å². The zero-order chi connectivity index (χ0) is 15.0. The largest absolute Gasteiger partial charge is 0.409 e. The van der Waals surface area contributed by atoms with E-state index in [0.29, 0.717) is 17.5 Å². The van der Waals surface area contributed by atoms with Crippen molar-refractivity contribution in [3.63, 3.8) is 0 Å². The van der Waals surface area contributed by atoms with Crippen LogP contribution in [0.4, 0.5) is 10.1 Å². The molecule has 0 saturated heterocycles. The van der Waals surface area contributed by atoms with E-state index in [0.717, 1.165) is 12.8 Å². The van der Waals surface area contributed by atoms with Crippen LogP contribution in [-0.2, 0) is 4.79 Å². The number of oxime groups is 1. The number of nitrogens with one attached hydrogen (secondary N) is 1. The normalized spacial score (nSPS) is 27.9. The number of carbonyl (C=O) groups excluding carboxylic acids is 1. The summed E-state index contributed by atoms with van der Waals surface area (Å²) in [6.45, 7) is 0. The van der Waals surface area contributed by atoms with Gasteiger partial charge >= 0.3 is 0 Å². The lowest BCUT2D eigenvalue weighted by atomic mass is 10.0. The van der Waals surface area contributed by atoms with E-state index < -0.39 is 5.82 Å². The van der Waals surface area contributed by atoms with E-state index >= 15 is 0 Å². The molecular weight excluding hydrogens is 273 g/mol. The molecule has 2 saturated carbocycles. The fraction of sp³-hybridized carbons (Fsp3) is 0.467. The van der Waals surface area contributed by atoms with Crippen molar-refractivity contribution in [1.82, 2.24) is 0 Å². The third-order valence-corrected chi connectivity index (χ3v) is 4.58. The molecule has 2 aliphatic carbocycles. The molecule has 2 aliphatic rings. The van der Waals surface area contributed by atoms with Gasteiger partial charge in [-0.15, -0.1) is 0 Å². The molecule has 0 heterocycles. The van der Waals surface area contributed by atoms with E-state index in [-0.39, 0.29) is 23.2 Å². The highest BCUT2D eigenvalue weighted by molar-refractivity contribution is 6.00. The summed E-state index contributed by atoms with van der Waals surface area (Å²) in [7, 11) is 0. The average Bonchev–Trinajstić information content (AvgIpc) is 3.23. The Kier molecular flexibility index (Phi) is 3.53. The summed E-state index contributed by atoms with van der Waals surface area (Å²) >= 11 is 0. The van der Waals surface area contributed by atoms with Crippen LogP contribution >= 0.6 is 0 Å². The van der Waals surface area contributed by atoms with Gasteiger partial charge in [-0.05, 0) is 42.9 Å². The molecule has 4 N–H and O–H groups in total. The molecule has 112 valence electrons. The van der Waals surface area contributed by atoms with Gasteiger partial charge in [-0.1, -0.05) is 18.0 Å². The van der Waals surface area contributed by atoms with Crippen LogP contribution in [0, 0.1) is 23.6 Å². The van der Waals surface area contributed by atoms with E-state index in [4.69, 9.17) is 10.9 Å². The maximum absolute atomic E-state index is 13.6. The number of fused-ring (bicyclic) bond motifs is 1. The van der Waals surface area contributed by atoms with Crippen molar-refractivity contribution >= 4 is 17.4 Å². The van der Waals surface area contributed by atoms with Crippen molar-refractivity contribution < 1.29 is 14.4 Å². The number of rotatable bonds is 3. The Morgan fingerprint density at radius 2 is 2.00 bits per heavy atom. The highest BCUT2D eigenvalue weighted by Crippen LogP contribution is 2.55. The summed E-state index contributed by atoms with van der Waals surface area (Å²) in [4.78, 5) is 12.3. The lowest BCUT2D eigenvalue weighted by Crippen LogP contribution is -2.18. The molecule has 6 heteroatoms. The molecule has 0 bridgehead atoms. The van der Waals surface area contributed by atoms with Gasteiger partial charge in [0, 0.05) is 11.6 Å². The van der Waals surface area contributed by atoms with Crippen LogP contribution in [0.2, 0.25) is 0 Å². The molecule has 0 aliphatic heterocycles. The molecule has 2 unspecified atom stereocenters. The van der Waals surface area contributed by atoms with Crippen molar-refractivity contribution in [1.29, 1.82) is 0 Å². The number of carbonyl (C=O) groups is 1. The van der Waals surface area contributed by atoms with E-state index in [1.54, 1.807) is 0 Å². The molecule has 2 fully saturated rings. The first kappa shape index (κ1) is 13.9. The second-order valence-corrected chi connectivity index (χ2v) is 5.81. The van der Waals surface area contributed by atoms with Gasteiger partial charge in [0.2, 0.25) is 5.91 Å². The first-order valence-electron chi connectivity index (χ1n) is 7.20. The lowest BCUT2D eigenvalue weighted by molar-refractivity contribution is -0.117. The number of amidine groups is 1. The fourth-order valence-corrected chi connectivity index (χ4v) is 3.46. The molecular formula is C15H18FN3O2. The first-order valence-corrected chi connectivity index (χ1v) is 7.20. The standard InChI is InChI=1S/C15H18FN3O2/c16-12-6-5-8(7-11(12)14(17)19-21)18-15(20)13-9-3-1-2-4-10(9)13/h5-7,9-10,13,21H,1-4H2,(H2,17,19)(H,18,20). The summed E-state index contributed by atoms with van der Waals surface area (Å²) < 4.78 is 13.6. The minimum atomic E-state index is -0.594. The summed E-state index contributed by atoms with van der Waals surface area (Å²) in [6.07, 6.45) is 4.66. The minimum Gasteiger partial charge on any atom is -0.409 e. The summed E-state index contributed by atoms with van der Waals surface area (Å²) in [5, 5.41) is 14.2. The van der Waals surface area contributed by atoms with Crippen LogP contribution < -0.4 is 11.1 Å². The van der Waals surface area contributed by atoms with Crippen molar-refractivity contribution in [3.05, 3.63) is 29.6 Å². The van der Waals surface area contributed by atoms with Gasteiger partial charge in [0.05, 0.1) is 5.56 Å². The third kappa shape index (κ3) is 2.57. The molecule has 1 amide bonds. The molecule has 0 spiro atoms. The van der Waals surface area contributed by atoms with Crippen molar-refractivity contribution in [2.24, 2.45) is 28.6 Å². The van der Waals surface area contributed by atoms with Gasteiger partial charge in [-0.2, -0.15) is 0 Å². The third-order valence-electron chi connectivity index (χ3n) is 4.58. The summed E-state index contributed by atoms with van der Waals surface area (Å²) in [5.74, 6) is 0.200. The quantitative estimate of drug-likeness (QED) is 0.345. The predicted octanol–water partition coefficient (Wildman–Crippen LogP) is 2.29. The number of amides is 1. The maximum atomic E-state index is 13.6. The molecule has 0 aromatic heterocycles. The van der Waals surface area contributed by atoms with Gasteiger partial charge < -0.3 is 16.3 Å². The maximum Gasteiger partial charge on any atom is 0.228 e. The Labute approximate surface area is 122 Å². The van der Waals surface area contributed by atoms with Crippen molar-refractivity contribution in [2.45, 2.75) is 25.7 Å². The van der Waals surface area contributed by atoms with Crippen molar-refractivity contribution in [3.8, 4) is 0 Å². The highest BCUT2D eigenvalue weighted by atomic mass is 19.1. The Balaban J connectivity index is 1.72. The zero-order valence-electron chi connectivity index (χ0n) is 11.6. The summed E-state index contributed by atoms with van der Waals surface area (Å²) in [6, 6.07) is 4.06. The average molecular weight is 291 g/mol. The highest BCUT2D eigenvalue weighted by Gasteiger charge is 2.54. The molecule has 21 heavy (non-hydrogen) atoms. The van der Waals surface area contributed by atoms with Crippen LogP contribution in [-0.4, -0.2) is 17.0 Å². The fourth-order valence-electron chi connectivity index (χ4n) is 3.46. The topological polar surface area (TPSA) is 87.7 Å². The Morgan fingerprint density at radius 1 is 1.33 bits per heavy atom. The first-order chi connectivity index (χ1) is 10.1. The number of nitrogens with two attached hydrogens (primary N) is 1. The SMILES string of the molecule is N/C(=N/O)c1cc(NC(=O)C2C3CCCCC32)ccc1F. The zero-order valence-corrected chi connectivity index (χ0v) is 11.6. The Bertz CT molecular complexity index is 591. The second-order valence-electron chi connectivity index (χ2n) is 5.81. The van der Waals surface area contributed by atoms with E-state index in [2.05, 4.69) is 10.5 Å². The van der Waals surface area contributed by atoms with E-state index in [9.17, 15) is 9.18 Å². The number of hydrogen-bond acceptors (Lipinski definition) is 3. The summed E-state index contributed by atoms with van der Waals surface area (Å²) in [5.41, 5.74) is 5.85. The van der Waals surface area contributed by atoms with Gasteiger partial charge in [-0.3, -0.25) is 4.79 Å². The number of anilines is 1.